The van der Waals surface area contributed by atoms with Gasteiger partial charge in [0.15, 0.2) is 0 Å². The van der Waals surface area contributed by atoms with E-state index >= 15 is 0 Å². The van der Waals surface area contributed by atoms with Crippen LogP contribution in [0.1, 0.15) is 48.5 Å². The molecule has 3 nitrogen and oxygen atoms in total. The van der Waals surface area contributed by atoms with Crippen molar-refractivity contribution in [1.29, 1.82) is 0 Å². The van der Waals surface area contributed by atoms with Crippen molar-refractivity contribution in [3.63, 3.8) is 0 Å². The zero-order chi connectivity index (χ0) is 20.3. The van der Waals surface area contributed by atoms with E-state index in [1.54, 1.807) is 7.11 Å². The maximum absolute atomic E-state index is 12.3. The smallest absolute Gasteiger partial charge is 0.124 e. The molecule has 0 aromatic heterocycles. The SMILES string of the molecule is CC[C@@H]1[C@H](c2ccccc2)N[C@@H](c2ccccc2)C[C@]1(O)c1ccccc1OC. The molecule has 0 bridgehead atoms. The molecular formula is C26H29NO2. The van der Waals surface area contributed by atoms with Crippen molar-refractivity contribution in [2.75, 3.05) is 7.11 Å². The van der Waals surface area contributed by atoms with Crippen molar-refractivity contribution in [1.82, 2.24) is 5.32 Å². The minimum atomic E-state index is -1.01. The quantitative estimate of drug-likeness (QED) is 0.617. The van der Waals surface area contributed by atoms with Crippen LogP contribution in [0.5, 0.6) is 5.75 Å². The van der Waals surface area contributed by atoms with E-state index in [4.69, 9.17) is 4.74 Å². The van der Waals surface area contributed by atoms with Crippen LogP contribution in [0, 0.1) is 5.92 Å². The summed E-state index contributed by atoms with van der Waals surface area (Å²) in [6, 6.07) is 28.9. The van der Waals surface area contributed by atoms with E-state index in [1.807, 2.05) is 36.4 Å². The van der Waals surface area contributed by atoms with Crippen molar-refractivity contribution in [3.8, 4) is 5.75 Å². The third kappa shape index (κ3) is 3.68. The number of methoxy groups -OCH3 is 1. The topological polar surface area (TPSA) is 41.5 Å². The van der Waals surface area contributed by atoms with Crippen LogP contribution in [0.15, 0.2) is 84.9 Å². The number of hydrogen-bond acceptors (Lipinski definition) is 3. The molecular weight excluding hydrogens is 358 g/mol. The summed E-state index contributed by atoms with van der Waals surface area (Å²) in [6.45, 7) is 2.16. The number of benzene rings is 3. The van der Waals surface area contributed by atoms with Gasteiger partial charge in [0.05, 0.1) is 12.7 Å². The molecule has 2 N–H and O–H groups in total. The molecule has 4 atom stereocenters. The zero-order valence-corrected chi connectivity index (χ0v) is 17.1. The van der Waals surface area contributed by atoms with Gasteiger partial charge in [-0.1, -0.05) is 85.8 Å². The van der Waals surface area contributed by atoms with Crippen LogP contribution in [-0.2, 0) is 5.60 Å². The fourth-order valence-corrected chi connectivity index (χ4v) is 4.90. The number of aliphatic hydroxyl groups is 1. The monoisotopic (exact) mass is 387 g/mol. The summed E-state index contributed by atoms with van der Waals surface area (Å²) in [5, 5.41) is 16.1. The van der Waals surface area contributed by atoms with E-state index in [9.17, 15) is 5.11 Å². The van der Waals surface area contributed by atoms with Crippen molar-refractivity contribution in [2.24, 2.45) is 5.92 Å². The number of ether oxygens (including phenoxy) is 1. The van der Waals surface area contributed by atoms with Crippen molar-refractivity contribution < 1.29 is 9.84 Å². The van der Waals surface area contributed by atoms with E-state index in [-0.39, 0.29) is 18.0 Å². The Bertz CT molecular complexity index is 928. The van der Waals surface area contributed by atoms with Crippen LogP contribution in [-0.4, -0.2) is 12.2 Å². The highest BCUT2D eigenvalue weighted by atomic mass is 16.5. The molecule has 3 aromatic carbocycles. The Morgan fingerprint density at radius 1 is 0.897 bits per heavy atom. The van der Waals surface area contributed by atoms with Crippen molar-refractivity contribution >= 4 is 0 Å². The van der Waals surface area contributed by atoms with Gasteiger partial charge in [0.2, 0.25) is 0 Å². The van der Waals surface area contributed by atoms with Gasteiger partial charge >= 0.3 is 0 Å². The molecule has 3 aromatic rings. The van der Waals surface area contributed by atoms with Crippen LogP contribution >= 0.6 is 0 Å². The van der Waals surface area contributed by atoms with Crippen molar-refractivity contribution in [2.45, 2.75) is 37.5 Å². The lowest BCUT2D eigenvalue weighted by Gasteiger charge is -2.49. The third-order valence-electron chi connectivity index (χ3n) is 6.29. The summed E-state index contributed by atoms with van der Waals surface area (Å²) in [5.41, 5.74) is 2.26. The number of hydrogen-bond donors (Lipinski definition) is 2. The summed E-state index contributed by atoms with van der Waals surface area (Å²) in [4.78, 5) is 0. The fourth-order valence-electron chi connectivity index (χ4n) is 4.90. The largest absolute Gasteiger partial charge is 0.496 e. The first-order valence-corrected chi connectivity index (χ1v) is 10.4. The van der Waals surface area contributed by atoms with Crippen LogP contribution in [0.2, 0.25) is 0 Å². The molecule has 1 aliphatic rings. The molecule has 29 heavy (non-hydrogen) atoms. The highest BCUT2D eigenvalue weighted by Gasteiger charge is 2.49. The Hall–Kier alpha value is -2.62. The fraction of sp³-hybridized carbons (Fsp3) is 0.308. The van der Waals surface area contributed by atoms with Gasteiger partial charge in [0.1, 0.15) is 5.75 Å². The molecule has 3 heteroatoms. The van der Waals surface area contributed by atoms with E-state index in [0.717, 1.165) is 17.7 Å². The van der Waals surface area contributed by atoms with E-state index < -0.39 is 5.60 Å². The molecule has 4 rings (SSSR count). The second-order valence-electron chi connectivity index (χ2n) is 7.86. The standard InChI is InChI=1S/C26H29NO2/c1-3-21-25(20-14-8-5-9-15-20)27-23(19-12-6-4-7-13-19)18-26(21,28)22-16-10-11-17-24(22)29-2/h4-17,21,23,25,27-28H,3,18H2,1-2H3/t21-,23-,25+,26-/m1/s1. The molecule has 0 amide bonds. The summed E-state index contributed by atoms with van der Waals surface area (Å²) in [7, 11) is 1.67. The lowest BCUT2D eigenvalue weighted by molar-refractivity contribution is -0.0842. The van der Waals surface area contributed by atoms with E-state index in [2.05, 4.69) is 60.8 Å². The highest BCUT2D eigenvalue weighted by Crippen LogP contribution is 2.51. The van der Waals surface area contributed by atoms with Gasteiger partial charge in [-0.05, 0) is 23.6 Å². The van der Waals surface area contributed by atoms with Crippen molar-refractivity contribution in [3.05, 3.63) is 102 Å². The van der Waals surface area contributed by atoms with Gasteiger partial charge in [-0.25, -0.2) is 0 Å². The van der Waals surface area contributed by atoms with Gasteiger partial charge in [0.25, 0.3) is 0 Å². The number of rotatable bonds is 5. The van der Waals surface area contributed by atoms with Gasteiger partial charge in [0, 0.05) is 30.0 Å². The molecule has 1 fully saturated rings. The third-order valence-corrected chi connectivity index (χ3v) is 6.29. The Kier molecular flexibility index (Phi) is 5.70. The minimum absolute atomic E-state index is 0.0150. The Morgan fingerprint density at radius 3 is 2.10 bits per heavy atom. The Balaban J connectivity index is 1.85. The summed E-state index contributed by atoms with van der Waals surface area (Å²) in [6.07, 6.45) is 1.45. The molecule has 0 spiro atoms. The summed E-state index contributed by atoms with van der Waals surface area (Å²) >= 11 is 0. The Labute approximate surface area is 173 Å². The van der Waals surface area contributed by atoms with E-state index in [0.29, 0.717) is 6.42 Å². The second-order valence-corrected chi connectivity index (χ2v) is 7.86. The predicted octanol–water partition coefficient (Wildman–Crippen LogP) is 5.38. The molecule has 0 aliphatic carbocycles. The number of nitrogens with one attached hydrogen (secondary N) is 1. The summed E-state index contributed by atoms with van der Waals surface area (Å²) < 4.78 is 5.66. The molecule has 1 heterocycles. The molecule has 0 saturated carbocycles. The predicted molar refractivity (Wildman–Crippen MR) is 117 cm³/mol. The van der Waals surface area contributed by atoms with E-state index in [1.165, 1.54) is 11.1 Å². The average Bonchev–Trinajstić information content (AvgIpc) is 2.79. The normalized spacial score (nSPS) is 26.8. The first-order valence-electron chi connectivity index (χ1n) is 10.4. The van der Waals surface area contributed by atoms with Gasteiger partial charge in [-0.3, -0.25) is 0 Å². The highest BCUT2D eigenvalue weighted by molar-refractivity contribution is 5.41. The van der Waals surface area contributed by atoms with Gasteiger partial charge in [-0.15, -0.1) is 0 Å². The zero-order valence-electron chi connectivity index (χ0n) is 17.1. The van der Waals surface area contributed by atoms with Crippen LogP contribution in [0.3, 0.4) is 0 Å². The molecule has 1 aliphatic heterocycles. The first-order chi connectivity index (χ1) is 14.2. The maximum atomic E-state index is 12.3. The lowest BCUT2D eigenvalue weighted by atomic mass is 9.67. The second kappa shape index (κ2) is 8.40. The lowest BCUT2D eigenvalue weighted by Crippen LogP contribution is -2.51. The number of para-hydroxylation sites is 1. The minimum Gasteiger partial charge on any atom is -0.496 e. The Morgan fingerprint density at radius 2 is 1.48 bits per heavy atom. The summed E-state index contributed by atoms with van der Waals surface area (Å²) in [5.74, 6) is 0.759. The number of piperidine rings is 1. The van der Waals surface area contributed by atoms with Crippen LogP contribution in [0.25, 0.3) is 0 Å². The first kappa shape index (κ1) is 19.7. The molecule has 0 unspecified atom stereocenters. The van der Waals surface area contributed by atoms with Gasteiger partial charge < -0.3 is 15.2 Å². The maximum Gasteiger partial charge on any atom is 0.124 e. The molecule has 0 radical (unpaired) electrons. The van der Waals surface area contributed by atoms with Gasteiger partial charge in [-0.2, -0.15) is 0 Å². The average molecular weight is 388 g/mol. The van der Waals surface area contributed by atoms with Crippen LogP contribution < -0.4 is 10.1 Å². The molecule has 1 saturated heterocycles. The van der Waals surface area contributed by atoms with Crippen LogP contribution in [0.4, 0.5) is 0 Å². The molecule has 150 valence electrons.